The van der Waals surface area contributed by atoms with Gasteiger partial charge in [-0.15, -0.1) is 11.8 Å². The third kappa shape index (κ3) is 5.12. The number of aryl methyl sites for hydroxylation is 1. The van der Waals surface area contributed by atoms with Crippen LogP contribution in [0.15, 0.2) is 60.1 Å². The number of nitrogens with zero attached hydrogens (tertiary/aromatic N) is 6. The zero-order chi connectivity index (χ0) is 22.8. The Balaban J connectivity index is 1.31. The van der Waals surface area contributed by atoms with E-state index in [9.17, 15) is 4.79 Å². The summed E-state index contributed by atoms with van der Waals surface area (Å²) < 4.78 is 1.78. The van der Waals surface area contributed by atoms with Gasteiger partial charge in [-0.05, 0) is 56.7 Å². The van der Waals surface area contributed by atoms with E-state index in [2.05, 4.69) is 32.0 Å². The van der Waals surface area contributed by atoms with Gasteiger partial charge in [0.15, 0.2) is 5.78 Å². The van der Waals surface area contributed by atoms with Gasteiger partial charge in [-0.25, -0.2) is 15.0 Å². The van der Waals surface area contributed by atoms with Crippen molar-refractivity contribution in [2.75, 3.05) is 20.1 Å². The highest BCUT2D eigenvalue weighted by Gasteiger charge is 2.19. The minimum atomic E-state index is 0.00499. The van der Waals surface area contributed by atoms with Crippen molar-refractivity contribution in [2.24, 2.45) is 7.05 Å². The molecule has 5 rings (SSSR count). The minimum Gasteiger partial charge on any atom is -0.306 e. The fourth-order valence-electron chi connectivity index (χ4n) is 4.06. The summed E-state index contributed by atoms with van der Waals surface area (Å²) in [4.78, 5) is 28.9. The van der Waals surface area contributed by atoms with E-state index < -0.39 is 0 Å². The molecule has 0 amide bonds. The molecule has 0 bridgehead atoms. The maximum atomic E-state index is 13.0. The van der Waals surface area contributed by atoms with Crippen LogP contribution in [-0.2, 0) is 13.5 Å². The summed E-state index contributed by atoms with van der Waals surface area (Å²) >= 11 is 1.78. The molecule has 1 saturated heterocycles. The topological polar surface area (TPSA) is 76.8 Å². The predicted octanol–water partition coefficient (Wildman–Crippen LogP) is 4.04. The van der Waals surface area contributed by atoms with E-state index in [0.29, 0.717) is 16.6 Å². The second-order valence-electron chi connectivity index (χ2n) is 8.57. The number of piperidine rings is 1. The second-order valence-corrected chi connectivity index (χ2v) is 9.89. The normalized spacial score (nSPS) is 15.2. The highest BCUT2D eigenvalue weighted by atomic mass is 32.2. The first-order chi connectivity index (χ1) is 16.0. The molecule has 1 aliphatic heterocycles. The Labute approximate surface area is 197 Å². The van der Waals surface area contributed by atoms with E-state index in [1.165, 1.54) is 0 Å². The molecule has 8 heteroatoms. The number of aromatic nitrogens is 5. The number of thioether (sulfide) groups is 1. The molecule has 0 aliphatic carbocycles. The van der Waals surface area contributed by atoms with Gasteiger partial charge < -0.3 is 4.90 Å². The molecule has 0 saturated carbocycles. The minimum absolute atomic E-state index is 0.00499. The first-order valence-electron chi connectivity index (χ1n) is 11.1. The van der Waals surface area contributed by atoms with Crippen LogP contribution in [0.1, 0.15) is 29.0 Å². The first-order valence-corrected chi connectivity index (χ1v) is 12.0. The van der Waals surface area contributed by atoms with Crippen LogP contribution in [-0.4, -0.2) is 60.8 Å². The lowest BCUT2D eigenvalue weighted by molar-refractivity contribution is 0.0990. The summed E-state index contributed by atoms with van der Waals surface area (Å²) in [6.45, 7) is 2.22. The summed E-state index contributed by atoms with van der Waals surface area (Å²) in [5, 5.41) is 6.65. The third-order valence-electron chi connectivity index (χ3n) is 6.00. The molecule has 0 atom stereocenters. The van der Waals surface area contributed by atoms with Gasteiger partial charge in [0, 0.05) is 47.4 Å². The van der Waals surface area contributed by atoms with E-state index in [1.807, 2.05) is 43.7 Å². The highest BCUT2D eigenvalue weighted by Crippen LogP contribution is 2.29. The molecule has 4 heterocycles. The van der Waals surface area contributed by atoms with Gasteiger partial charge in [0.1, 0.15) is 5.82 Å². The quantitative estimate of drug-likeness (QED) is 0.404. The smallest absolute Gasteiger partial charge is 0.170 e. The zero-order valence-corrected chi connectivity index (χ0v) is 19.6. The monoisotopic (exact) mass is 458 g/mol. The van der Waals surface area contributed by atoms with Gasteiger partial charge in [0.25, 0.3) is 0 Å². The van der Waals surface area contributed by atoms with Crippen molar-refractivity contribution in [2.45, 2.75) is 29.5 Å². The summed E-state index contributed by atoms with van der Waals surface area (Å²) in [6.07, 6.45) is 9.77. The number of carbonyl (C=O) groups excluding carboxylic acids is 1. The number of Topliss-reactive ketones (excluding diaryl/α,β-unsaturated/α-hetero) is 1. The van der Waals surface area contributed by atoms with E-state index in [1.54, 1.807) is 34.9 Å². The maximum Gasteiger partial charge on any atom is 0.170 e. The van der Waals surface area contributed by atoms with Crippen molar-refractivity contribution < 1.29 is 4.79 Å². The lowest BCUT2D eigenvalue weighted by Crippen LogP contribution is -2.31. The van der Waals surface area contributed by atoms with Crippen LogP contribution in [0.4, 0.5) is 0 Å². The molecule has 1 aromatic carbocycles. The molecule has 1 aliphatic rings. The van der Waals surface area contributed by atoms with Crippen LogP contribution in [0.25, 0.3) is 22.0 Å². The van der Waals surface area contributed by atoms with Gasteiger partial charge in [-0.2, -0.15) is 5.10 Å². The summed E-state index contributed by atoms with van der Waals surface area (Å²) in [7, 11) is 4.06. The fraction of sp³-hybridized carbons (Fsp3) is 0.320. The van der Waals surface area contributed by atoms with Crippen molar-refractivity contribution >= 4 is 28.4 Å². The lowest BCUT2D eigenvalue weighted by atomic mass is 10.1. The Kier molecular flexibility index (Phi) is 6.20. The summed E-state index contributed by atoms with van der Waals surface area (Å²) in [6, 6.07) is 9.74. The molecule has 168 valence electrons. The Morgan fingerprint density at radius 1 is 1.06 bits per heavy atom. The molecule has 3 aromatic heterocycles. The number of fused-ring (bicyclic) bond motifs is 1. The Morgan fingerprint density at radius 2 is 1.91 bits per heavy atom. The van der Waals surface area contributed by atoms with Crippen molar-refractivity contribution in [1.29, 1.82) is 0 Å². The van der Waals surface area contributed by atoms with Crippen LogP contribution >= 0.6 is 11.8 Å². The number of likely N-dealkylation sites (tertiary alicyclic amines) is 1. The molecule has 1 fully saturated rings. The van der Waals surface area contributed by atoms with Crippen LogP contribution in [0, 0.1) is 0 Å². The number of ketones is 1. The molecule has 0 N–H and O–H groups in total. The molecular weight excluding hydrogens is 432 g/mol. The number of hydrogen-bond donors (Lipinski definition) is 0. The van der Waals surface area contributed by atoms with Crippen molar-refractivity contribution in [3.8, 4) is 11.1 Å². The maximum absolute atomic E-state index is 13.0. The van der Waals surface area contributed by atoms with Crippen LogP contribution in [0.2, 0.25) is 0 Å². The van der Waals surface area contributed by atoms with E-state index >= 15 is 0 Å². The van der Waals surface area contributed by atoms with E-state index in [0.717, 1.165) is 53.0 Å². The average molecular weight is 459 g/mol. The van der Waals surface area contributed by atoms with E-state index in [4.69, 9.17) is 0 Å². The number of benzene rings is 1. The largest absolute Gasteiger partial charge is 0.306 e. The van der Waals surface area contributed by atoms with Crippen LogP contribution in [0.3, 0.4) is 0 Å². The standard InChI is InChI=1S/C25H26N6OS/c1-30-9-6-21(7-10-30)33-25-12-18(5-8-26-25)23(32)13-24-27-14-19-4-3-17(11-22(19)29-24)20-15-28-31(2)16-20/h3-5,8,11-12,14-16,21H,6-7,9-10,13H2,1-2H3. The Bertz CT molecular complexity index is 1300. The highest BCUT2D eigenvalue weighted by molar-refractivity contribution is 7.99. The van der Waals surface area contributed by atoms with Crippen molar-refractivity contribution in [3.05, 3.63) is 66.5 Å². The van der Waals surface area contributed by atoms with Crippen LogP contribution < -0.4 is 0 Å². The van der Waals surface area contributed by atoms with Gasteiger partial charge in [0.05, 0.1) is 23.2 Å². The molecule has 4 aromatic rings. The number of hydrogen-bond acceptors (Lipinski definition) is 7. The predicted molar refractivity (Wildman–Crippen MR) is 130 cm³/mol. The Morgan fingerprint density at radius 3 is 2.70 bits per heavy atom. The van der Waals surface area contributed by atoms with Gasteiger partial charge in [0.2, 0.25) is 0 Å². The first kappa shape index (κ1) is 21.7. The summed E-state index contributed by atoms with van der Waals surface area (Å²) in [5.74, 6) is 0.530. The van der Waals surface area contributed by atoms with E-state index in [-0.39, 0.29) is 12.2 Å². The van der Waals surface area contributed by atoms with Gasteiger partial charge >= 0.3 is 0 Å². The average Bonchev–Trinajstić information content (AvgIpc) is 3.26. The molecular formula is C25H26N6OS. The zero-order valence-electron chi connectivity index (χ0n) is 18.8. The number of pyridine rings is 1. The fourth-order valence-corrected chi connectivity index (χ4v) is 5.17. The van der Waals surface area contributed by atoms with Crippen LogP contribution in [0.5, 0.6) is 0 Å². The number of rotatable bonds is 6. The third-order valence-corrected chi connectivity index (χ3v) is 7.27. The SMILES string of the molecule is CN1CCC(Sc2cc(C(=O)Cc3ncc4ccc(-c5cnn(C)c5)cc4n3)ccn2)CC1. The molecule has 33 heavy (non-hydrogen) atoms. The Hall–Kier alpha value is -3.10. The van der Waals surface area contributed by atoms with Crippen molar-refractivity contribution in [3.63, 3.8) is 0 Å². The van der Waals surface area contributed by atoms with Gasteiger partial charge in [-0.3, -0.25) is 9.48 Å². The lowest BCUT2D eigenvalue weighted by Gasteiger charge is -2.28. The number of carbonyl (C=O) groups is 1. The van der Waals surface area contributed by atoms with Gasteiger partial charge in [-0.1, -0.05) is 12.1 Å². The summed E-state index contributed by atoms with van der Waals surface area (Å²) in [5.41, 5.74) is 3.55. The molecule has 0 radical (unpaired) electrons. The molecule has 0 spiro atoms. The second kappa shape index (κ2) is 9.41. The molecule has 7 nitrogen and oxygen atoms in total. The van der Waals surface area contributed by atoms with Crippen molar-refractivity contribution in [1.82, 2.24) is 29.6 Å². The molecule has 0 unspecified atom stereocenters.